The molecule has 0 amide bonds. The van der Waals surface area contributed by atoms with E-state index in [1.165, 1.54) is 12.4 Å². The molecule has 1 atom stereocenters. The molecule has 0 aromatic carbocycles. The molecule has 1 aromatic heterocycles. The molecule has 0 unspecified atom stereocenters. The maximum absolute atomic E-state index is 9.07. The predicted molar refractivity (Wildman–Crippen MR) is 44.8 cm³/mol. The van der Waals surface area contributed by atoms with Gasteiger partial charge in [-0.1, -0.05) is 0 Å². The summed E-state index contributed by atoms with van der Waals surface area (Å²) in [6, 6.07) is 0. The Morgan fingerprint density at radius 2 is 1.77 bits per heavy atom. The first-order valence-corrected chi connectivity index (χ1v) is 3.96. The number of hydrogen-bond donors (Lipinski definition) is 3. The van der Waals surface area contributed by atoms with Gasteiger partial charge in [0.2, 0.25) is 0 Å². The second kappa shape index (κ2) is 4.86. The van der Waals surface area contributed by atoms with Gasteiger partial charge in [0.25, 0.3) is 0 Å². The van der Waals surface area contributed by atoms with E-state index in [1.54, 1.807) is 0 Å². The van der Waals surface area contributed by atoms with Crippen LogP contribution in [0.1, 0.15) is 11.4 Å². The molecule has 13 heavy (non-hydrogen) atoms. The van der Waals surface area contributed by atoms with Crippen molar-refractivity contribution in [2.45, 2.75) is 19.1 Å². The molecule has 0 fully saturated rings. The van der Waals surface area contributed by atoms with E-state index < -0.39 is 6.10 Å². The molecule has 0 aliphatic heterocycles. The van der Waals surface area contributed by atoms with E-state index in [-0.39, 0.29) is 19.6 Å². The predicted octanol–water partition coefficient (Wildman–Crippen LogP) is -1.14. The van der Waals surface area contributed by atoms with Crippen LogP contribution < -0.4 is 0 Å². The summed E-state index contributed by atoms with van der Waals surface area (Å²) in [6.07, 6.45) is 2.40. The van der Waals surface area contributed by atoms with Gasteiger partial charge < -0.3 is 15.3 Å². The Labute approximate surface area is 75.7 Å². The summed E-state index contributed by atoms with van der Waals surface area (Å²) >= 11 is 0. The summed E-state index contributed by atoms with van der Waals surface area (Å²) in [6.45, 7) is -0.431. The first kappa shape index (κ1) is 10.0. The molecule has 0 saturated heterocycles. The van der Waals surface area contributed by atoms with E-state index in [0.29, 0.717) is 11.4 Å². The van der Waals surface area contributed by atoms with Gasteiger partial charge in [0.15, 0.2) is 0 Å². The summed E-state index contributed by atoms with van der Waals surface area (Å²) in [7, 11) is 0. The highest BCUT2D eigenvalue weighted by molar-refractivity contribution is 5.02. The molecule has 5 nitrogen and oxygen atoms in total. The highest BCUT2D eigenvalue weighted by Crippen LogP contribution is 1.99. The minimum absolute atomic E-state index is 0.143. The molecule has 5 heteroatoms. The van der Waals surface area contributed by atoms with Crippen molar-refractivity contribution in [1.82, 2.24) is 9.97 Å². The molecule has 1 rings (SSSR count). The van der Waals surface area contributed by atoms with Gasteiger partial charge in [-0.3, -0.25) is 9.97 Å². The standard InChI is InChI=1S/C8H12N2O3/c11-4-7-3-9-6(2-10-7)1-8(13)5-12/h2-3,8,11-13H,1,4-5H2/t8-/m0/s1. The normalized spacial score (nSPS) is 12.8. The van der Waals surface area contributed by atoms with Gasteiger partial charge in [-0.2, -0.15) is 0 Å². The summed E-state index contributed by atoms with van der Waals surface area (Å²) < 4.78 is 0. The van der Waals surface area contributed by atoms with E-state index in [4.69, 9.17) is 15.3 Å². The van der Waals surface area contributed by atoms with Crippen LogP contribution in [0.5, 0.6) is 0 Å². The van der Waals surface area contributed by atoms with E-state index in [1.807, 2.05) is 0 Å². The van der Waals surface area contributed by atoms with Gasteiger partial charge in [-0.15, -0.1) is 0 Å². The van der Waals surface area contributed by atoms with Crippen LogP contribution in [-0.2, 0) is 13.0 Å². The van der Waals surface area contributed by atoms with Crippen LogP contribution in [0, 0.1) is 0 Å². The number of aliphatic hydroxyl groups is 3. The lowest BCUT2D eigenvalue weighted by Gasteiger charge is -2.05. The summed E-state index contributed by atoms with van der Waals surface area (Å²) in [5.41, 5.74) is 1.08. The van der Waals surface area contributed by atoms with Crippen LogP contribution in [0.3, 0.4) is 0 Å². The van der Waals surface area contributed by atoms with E-state index in [0.717, 1.165) is 0 Å². The topological polar surface area (TPSA) is 86.5 Å². The Bertz CT molecular complexity index is 250. The van der Waals surface area contributed by atoms with Gasteiger partial charge in [0.05, 0.1) is 36.9 Å². The molecule has 0 aliphatic rings. The maximum Gasteiger partial charge on any atom is 0.0868 e. The molecule has 1 aromatic rings. The van der Waals surface area contributed by atoms with Crippen LogP contribution in [0.25, 0.3) is 0 Å². The third-order valence-corrected chi connectivity index (χ3v) is 1.58. The molecule has 0 aliphatic carbocycles. The summed E-state index contributed by atoms with van der Waals surface area (Å²) in [5, 5.41) is 26.3. The Hall–Kier alpha value is -1.04. The average molecular weight is 184 g/mol. The Balaban J connectivity index is 2.58. The fourth-order valence-corrected chi connectivity index (χ4v) is 0.875. The van der Waals surface area contributed by atoms with E-state index in [9.17, 15) is 0 Å². The van der Waals surface area contributed by atoms with Crippen molar-refractivity contribution in [3.63, 3.8) is 0 Å². The average Bonchev–Trinajstić information content (AvgIpc) is 2.19. The first-order chi connectivity index (χ1) is 6.26. The maximum atomic E-state index is 9.07. The first-order valence-electron chi connectivity index (χ1n) is 3.96. The van der Waals surface area contributed by atoms with Crippen LogP contribution in [0.4, 0.5) is 0 Å². The molecule has 3 N–H and O–H groups in total. The second-order valence-electron chi connectivity index (χ2n) is 2.70. The number of hydrogen-bond acceptors (Lipinski definition) is 5. The monoisotopic (exact) mass is 184 g/mol. The lowest BCUT2D eigenvalue weighted by atomic mass is 10.2. The number of nitrogens with zero attached hydrogens (tertiary/aromatic N) is 2. The molecule has 0 bridgehead atoms. The molecular weight excluding hydrogens is 172 g/mol. The van der Waals surface area contributed by atoms with Crippen molar-refractivity contribution in [3.05, 3.63) is 23.8 Å². The fraction of sp³-hybridized carbons (Fsp3) is 0.500. The fourth-order valence-electron chi connectivity index (χ4n) is 0.875. The molecule has 0 saturated carbocycles. The highest BCUT2D eigenvalue weighted by Gasteiger charge is 2.04. The number of aliphatic hydroxyl groups excluding tert-OH is 3. The Kier molecular flexibility index (Phi) is 3.75. The van der Waals surface area contributed by atoms with Gasteiger partial charge in [0.1, 0.15) is 0 Å². The Morgan fingerprint density at radius 1 is 1.15 bits per heavy atom. The minimum Gasteiger partial charge on any atom is -0.394 e. The molecular formula is C8H12N2O3. The zero-order chi connectivity index (χ0) is 9.68. The van der Waals surface area contributed by atoms with Gasteiger partial charge in [0, 0.05) is 12.6 Å². The lowest BCUT2D eigenvalue weighted by Crippen LogP contribution is -2.16. The van der Waals surface area contributed by atoms with Crippen LogP contribution in [0.15, 0.2) is 12.4 Å². The zero-order valence-corrected chi connectivity index (χ0v) is 7.09. The van der Waals surface area contributed by atoms with Crippen molar-refractivity contribution >= 4 is 0 Å². The van der Waals surface area contributed by atoms with Gasteiger partial charge >= 0.3 is 0 Å². The van der Waals surface area contributed by atoms with E-state index >= 15 is 0 Å². The number of aromatic nitrogens is 2. The van der Waals surface area contributed by atoms with Crippen molar-refractivity contribution < 1.29 is 15.3 Å². The summed E-state index contributed by atoms with van der Waals surface area (Å²) in [4.78, 5) is 7.82. The van der Waals surface area contributed by atoms with Crippen molar-refractivity contribution in [2.24, 2.45) is 0 Å². The largest absolute Gasteiger partial charge is 0.394 e. The van der Waals surface area contributed by atoms with Gasteiger partial charge in [-0.25, -0.2) is 0 Å². The van der Waals surface area contributed by atoms with Gasteiger partial charge in [-0.05, 0) is 0 Å². The third-order valence-electron chi connectivity index (χ3n) is 1.58. The molecule has 0 radical (unpaired) electrons. The van der Waals surface area contributed by atoms with Crippen LogP contribution in [-0.4, -0.2) is 38.0 Å². The quantitative estimate of drug-likeness (QED) is 0.551. The van der Waals surface area contributed by atoms with E-state index in [2.05, 4.69) is 9.97 Å². The smallest absolute Gasteiger partial charge is 0.0868 e. The molecule has 0 spiro atoms. The highest BCUT2D eigenvalue weighted by atomic mass is 16.3. The molecule has 1 heterocycles. The Morgan fingerprint density at radius 3 is 2.23 bits per heavy atom. The van der Waals surface area contributed by atoms with Crippen molar-refractivity contribution in [2.75, 3.05) is 6.61 Å². The van der Waals surface area contributed by atoms with Crippen molar-refractivity contribution in [1.29, 1.82) is 0 Å². The lowest BCUT2D eigenvalue weighted by molar-refractivity contribution is 0.0946. The zero-order valence-electron chi connectivity index (χ0n) is 7.09. The molecule has 72 valence electrons. The second-order valence-corrected chi connectivity index (χ2v) is 2.70. The van der Waals surface area contributed by atoms with Crippen molar-refractivity contribution in [3.8, 4) is 0 Å². The third kappa shape index (κ3) is 3.06. The summed E-state index contributed by atoms with van der Waals surface area (Å²) in [5.74, 6) is 0. The van der Waals surface area contributed by atoms with Crippen LogP contribution >= 0.6 is 0 Å². The SMILES string of the molecule is OCc1cnc(C[C@H](O)CO)cn1. The number of rotatable bonds is 4. The van der Waals surface area contributed by atoms with Crippen LogP contribution in [0.2, 0.25) is 0 Å². The minimum atomic E-state index is -0.797.